The zero-order valence-electron chi connectivity index (χ0n) is 14.1. The van der Waals surface area contributed by atoms with E-state index in [1.165, 1.54) is 12.4 Å². The van der Waals surface area contributed by atoms with Crippen molar-refractivity contribution < 1.29 is 13.7 Å². The van der Waals surface area contributed by atoms with Gasteiger partial charge in [0.05, 0.1) is 22.1 Å². The molecule has 0 aliphatic rings. The summed E-state index contributed by atoms with van der Waals surface area (Å²) in [5.41, 5.74) is 0.811. The molecule has 0 fully saturated rings. The van der Waals surface area contributed by atoms with Crippen LogP contribution in [-0.4, -0.2) is 26.3 Å². The SMILES string of the molecule is COc1ccc(COc2nccnc2NS(=O)c2cccc(Cl)c2Cl)cn1. The molecule has 3 rings (SSSR count). The van der Waals surface area contributed by atoms with Crippen molar-refractivity contribution in [2.24, 2.45) is 0 Å². The fraction of sp³-hybridized carbons (Fsp3) is 0.118. The molecular weight excluding hydrogens is 411 g/mol. The second kappa shape index (κ2) is 8.98. The van der Waals surface area contributed by atoms with Gasteiger partial charge in [0, 0.05) is 30.2 Å². The lowest BCUT2D eigenvalue weighted by Crippen LogP contribution is -2.10. The highest BCUT2D eigenvalue weighted by atomic mass is 35.5. The lowest BCUT2D eigenvalue weighted by Gasteiger charge is -2.11. The Kier molecular flexibility index (Phi) is 6.44. The lowest BCUT2D eigenvalue weighted by molar-refractivity contribution is 0.293. The zero-order chi connectivity index (χ0) is 19.2. The molecule has 1 N–H and O–H groups in total. The first-order valence-electron chi connectivity index (χ1n) is 7.63. The maximum atomic E-state index is 12.6. The van der Waals surface area contributed by atoms with E-state index >= 15 is 0 Å². The molecule has 1 unspecified atom stereocenters. The minimum Gasteiger partial charge on any atom is -0.481 e. The van der Waals surface area contributed by atoms with E-state index in [1.54, 1.807) is 37.6 Å². The van der Waals surface area contributed by atoms with Crippen molar-refractivity contribution in [3.05, 3.63) is 64.5 Å². The zero-order valence-corrected chi connectivity index (χ0v) is 16.4. The maximum absolute atomic E-state index is 12.6. The number of hydrogen-bond donors (Lipinski definition) is 1. The third kappa shape index (κ3) is 4.85. The second-order valence-corrected chi connectivity index (χ2v) is 7.10. The summed E-state index contributed by atoms with van der Waals surface area (Å²) in [6.07, 6.45) is 4.56. The Hall–Kier alpha value is -2.42. The Labute approximate surface area is 168 Å². The van der Waals surface area contributed by atoms with Gasteiger partial charge >= 0.3 is 0 Å². The summed E-state index contributed by atoms with van der Waals surface area (Å²) in [6, 6.07) is 8.43. The molecule has 3 aromatic rings. The van der Waals surface area contributed by atoms with E-state index < -0.39 is 11.0 Å². The van der Waals surface area contributed by atoms with Crippen molar-refractivity contribution in [2.45, 2.75) is 11.5 Å². The van der Waals surface area contributed by atoms with Crippen LogP contribution in [0.3, 0.4) is 0 Å². The number of halogens is 2. The van der Waals surface area contributed by atoms with Gasteiger partial charge < -0.3 is 9.47 Å². The van der Waals surface area contributed by atoms with Crippen molar-refractivity contribution in [3.63, 3.8) is 0 Å². The number of rotatable bonds is 7. The van der Waals surface area contributed by atoms with E-state index in [-0.39, 0.29) is 23.3 Å². The van der Waals surface area contributed by atoms with Gasteiger partial charge in [0.25, 0.3) is 5.88 Å². The molecule has 2 aromatic heterocycles. The van der Waals surface area contributed by atoms with E-state index in [0.717, 1.165) is 5.56 Å². The molecular formula is C17H14Cl2N4O3S. The van der Waals surface area contributed by atoms with Gasteiger partial charge in [-0.15, -0.1) is 0 Å². The predicted octanol–water partition coefficient (Wildman–Crippen LogP) is 3.90. The molecule has 0 saturated heterocycles. The van der Waals surface area contributed by atoms with Crippen LogP contribution in [0, 0.1) is 0 Å². The minimum absolute atomic E-state index is 0.194. The summed E-state index contributed by atoms with van der Waals surface area (Å²) in [4.78, 5) is 12.7. The Morgan fingerprint density at radius 3 is 2.67 bits per heavy atom. The van der Waals surface area contributed by atoms with Crippen LogP contribution in [-0.2, 0) is 17.6 Å². The first-order valence-corrected chi connectivity index (χ1v) is 9.54. The number of pyridine rings is 1. The van der Waals surface area contributed by atoms with Crippen LogP contribution in [0.1, 0.15) is 5.56 Å². The summed E-state index contributed by atoms with van der Waals surface area (Å²) in [5.74, 6) is 0.919. The number of hydrogen-bond acceptors (Lipinski definition) is 6. The second-order valence-electron chi connectivity index (χ2n) is 5.13. The quantitative estimate of drug-likeness (QED) is 0.618. The summed E-state index contributed by atoms with van der Waals surface area (Å²) >= 11 is 12.1. The molecule has 0 bridgehead atoms. The number of nitrogens with zero attached hydrogens (tertiary/aromatic N) is 3. The summed E-state index contributed by atoms with van der Waals surface area (Å²) < 4.78 is 26.0. The fourth-order valence-corrected chi connectivity index (χ4v) is 3.51. The molecule has 2 heterocycles. The molecule has 0 aliphatic heterocycles. The van der Waals surface area contributed by atoms with E-state index in [0.29, 0.717) is 15.8 Å². The molecule has 10 heteroatoms. The van der Waals surface area contributed by atoms with Crippen LogP contribution in [0.4, 0.5) is 5.82 Å². The van der Waals surface area contributed by atoms with Gasteiger partial charge in [-0.3, -0.25) is 4.72 Å². The molecule has 140 valence electrons. The van der Waals surface area contributed by atoms with E-state index in [2.05, 4.69) is 19.7 Å². The Balaban J connectivity index is 1.73. The minimum atomic E-state index is -1.70. The summed E-state index contributed by atoms with van der Waals surface area (Å²) in [7, 11) is -0.153. The smallest absolute Gasteiger partial charge is 0.258 e. The van der Waals surface area contributed by atoms with Gasteiger partial charge in [0.2, 0.25) is 11.7 Å². The van der Waals surface area contributed by atoms with Crippen molar-refractivity contribution in [3.8, 4) is 11.8 Å². The van der Waals surface area contributed by atoms with E-state index in [9.17, 15) is 4.21 Å². The third-order valence-electron chi connectivity index (χ3n) is 3.35. The number of anilines is 1. The third-order valence-corrected chi connectivity index (χ3v) is 5.40. The molecule has 0 amide bonds. The average molecular weight is 425 g/mol. The van der Waals surface area contributed by atoms with Crippen LogP contribution >= 0.6 is 23.2 Å². The largest absolute Gasteiger partial charge is 0.481 e. The van der Waals surface area contributed by atoms with Crippen LogP contribution in [0.25, 0.3) is 0 Å². The molecule has 1 atom stereocenters. The molecule has 0 radical (unpaired) electrons. The van der Waals surface area contributed by atoms with Crippen LogP contribution in [0.15, 0.2) is 53.8 Å². The van der Waals surface area contributed by atoms with Gasteiger partial charge in [-0.2, -0.15) is 0 Å². The van der Waals surface area contributed by atoms with Crippen LogP contribution < -0.4 is 14.2 Å². The number of benzene rings is 1. The van der Waals surface area contributed by atoms with E-state index in [4.69, 9.17) is 32.7 Å². The normalized spacial score (nSPS) is 11.7. The molecule has 7 nitrogen and oxygen atoms in total. The lowest BCUT2D eigenvalue weighted by atomic mass is 10.3. The van der Waals surface area contributed by atoms with Gasteiger partial charge in [0.15, 0.2) is 11.0 Å². The molecule has 0 spiro atoms. The fourth-order valence-electron chi connectivity index (χ4n) is 2.04. The number of nitrogens with one attached hydrogen (secondary N) is 1. The first kappa shape index (κ1) is 19.3. The monoisotopic (exact) mass is 424 g/mol. The molecule has 0 aliphatic carbocycles. The topological polar surface area (TPSA) is 86.2 Å². The van der Waals surface area contributed by atoms with Gasteiger partial charge in [-0.05, 0) is 18.2 Å². The standard InChI is InChI=1S/C17H14Cl2N4O3S/c1-25-14-6-5-11(9-22-14)10-26-17-16(20-7-8-21-17)23-27(24)13-4-2-3-12(18)15(13)19/h2-9H,10H2,1H3,(H,20,23). The first-order chi connectivity index (χ1) is 13.1. The van der Waals surface area contributed by atoms with Crippen LogP contribution in [0.5, 0.6) is 11.8 Å². The number of ether oxygens (including phenoxy) is 2. The summed E-state index contributed by atoms with van der Waals surface area (Å²) in [5, 5.41) is 0.521. The maximum Gasteiger partial charge on any atom is 0.258 e. The highest BCUT2D eigenvalue weighted by Crippen LogP contribution is 2.29. The van der Waals surface area contributed by atoms with Crippen molar-refractivity contribution >= 4 is 40.0 Å². The highest BCUT2D eigenvalue weighted by Gasteiger charge is 2.15. The average Bonchev–Trinajstić information content (AvgIpc) is 2.69. The Morgan fingerprint density at radius 1 is 1.11 bits per heavy atom. The van der Waals surface area contributed by atoms with Gasteiger partial charge in [-0.1, -0.05) is 29.3 Å². The highest BCUT2D eigenvalue weighted by molar-refractivity contribution is 7.86. The van der Waals surface area contributed by atoms with Crippen molar-refractivity contribution in [1.82, 2.24) is 15.0 Å². The predicted molar refractivity (Wildman–Crippen MR) is 104 cm³/mol. The van der Waals surface area contributed by atoms with Gasteiger partial charge in [0.1, 0.15) is 6.61 Å². The number of aromatic nitrogens is 3. The van der Waals surface area contributed by atoms with Gasteiger partial charge in [-0.25, -0.2) is 19.2 Å². The molecule has 27 heavy (non-hydrogen) atoms. The Morgan fingerprint density at radius 2 is 1.93 bits per heavy atom. The summed E-state index contributed by atoms with van der Waals surface area (Å²) in [6.45, 7) is 0.203. The van der Waals surface area contributed by atoms with Crippen LogP contribution in [0.2, 0.25) is 10.0 Å². The van der Waals surface area contributed by atoms with E-state index in [1.807, 2.05) is 6.07 Å². The molecule has 1 aromatic carbocycles. The number of methoxy groups -OCH3 is 1. The molecule has 0 saturated carbocycles. The van der Waals surface area contributed by atoms with Crippen molar-refractivity contribution in [2.75, 3.05) is 11.8 Å². The van der Waals surface area contributed by atoms with Crippen molar-refractivity contribution in [1.29, 1.82) is 0 Å². The Bertz CT molecular complexity index is 957.